The molecule has 0 unspecified atom stereocenters. The van der Waals surface area contributed by atoms with Gasteiger partial charge >= 0.3 is 0 Å². The van der Waals surface area contributed by atoms with Crippen LogP contribution >= 0.6 is 0 Å². The Kier molecular flexibility index (Phi) is 4.69. The van der Waals surface area contributed by atoms with E-state index in [0.29, 0.717) is 30.2 Å². The van der Waals surface area contributed by atoms with Gasteiger partial charge < -0.3 is 15.4 Å². The summed E-state index contributed by atoms with van der Waals surface area (Å²) in [7, 11) is 0. The first-order valence-electron chi connectivity index (χ1n) is 9.19. The maximum atomic E-state index is 12.8. The molecule has 1 amide bonds. The van der Waals surface area contributed by atoms with Crippen molar-refractivity contribution in [1.29, 1.82) is 0 Å². The summed E-state index contributed by atoms with van der Waals surface area (Å²) in [6.45, 7) is 5.49. The molecule has 2 aromatic heterocycles. The summed E-state index contributed by atoms with van der Waals surface area (Å²) in [5, 5.41) is 6.17. The van der Waals surface area contributed by atoms with E-state index in [1.165, 1.54) is 0 Å². The zero-order valence-corrected chi connectivity index (χ0v) is 15.9. The van der Waals surface area contributed by atoms with Crippen molar-refractivity contribution in [2.45, 2.75) is 25.8 Å². The number of hydrogen-bond acceptors (Lipinski definition) is 5. The molecule has 0 fully saturated rings. The molecular weight excluding hydrogens is 352 g/mol. The van der Waals surface area contributed by atoms with Crippen LogP contribution in [0.4, 0.5) is 11.5 Å². The lowest BCUT2D eigenvalue weighted by atomic mass is 9.87. The highest BCUT2D eigenvalue weighted by Gasteiger charge is 2.31. The Hall–Kier alpha value is -3.41. The quantitative estimate of drug-likeness (QED) is 0.706. The zero-order chi connectivity index (χ0) is 19.6. The molecule has 1 aliphatic rings. The maximum Gasteiger partial charge on any atom is 0.259 e. The van der Waals surface area contributed by atoms with E-state index in [4.69, 9.17) is 4.74 Å². The molecule has 0 atom stereocenters. The minimum atomic E-state index is -0.220. The number of aromatic nitrogens is 2. The molecule has 0 bridgehead atoms. The molecular formula is C22H22N4O2. The molecule has 0 radical (unpaired) electrons. The summed E-state index contributed by atoms with van der Waals surface area (Å²) in [5.41, 5.74) is 3.39. The van der Waals surface area contributed by atoms with Crippen molar-refractivity contribution in [3.05, 3.63) is 77.7 Å². The van der Waals surface area contributed by atoms with Crippen LogP contribution in [0.25, 0.3) is 0 Å². The fourth-order valence-electron chi connectivity index (χ4n) is 3.23. The summed E-state index contributed by atoms with van der Waals surface area (Å²) >= 11 is 0. The van der Waals surface area contributed by atoms with E-state index in [1.807, 2.05) is 30.3 Å². The number of fused-ring (bicyclic) bond motifs is 1. The van der Waals surface area contributed by atoms with Crippen molar-refractivity contribution < 1.29 is 9.53 Å². The summed E-state index contributed by atoms with van der Waals surface area (Å²) < 4.78 is 5.77. The van der Waals surface area contributed by atoms with E-state index in [-0.39, 0.29) is 11.3 Å². The van der Waals surface area contributed by atoms with Crippen LogP contribution in [0.15, 0.2) is 61.1 Å². The number of amides is 1. The summed E-state index contributed by atoms with van der Waals surface area (Å²) in [4.78, 5) is 21.2. The van der Waals surface area contributed by atoms with E-state index in [0.717, 1.165) is 16.9 Å². The highest BCUT2D eigenvalue weighted by Crippen LogP contribution is 2.39. The van der Waals surface area contributed by atoms with Crippen molar-refractivity contribution in [1.82, 2.24) is 9.97 Å². The first-order chi connectivity index (χ1) is 13.5. The van der Waals surface area contributed by atoms with Crippen LogP contribution in [-0.2, 0) is 12.0 Å². The van der Waals surface area contributed by atoms with Gasteiger partial charge in [0.2, 0.25) is 0 Å². The fraction of sp³-hybridized carbons (Fsp3) is 0.227. The molecule has 3 aromatic rings. The predicted molar refractivity (Wildman–Crippen MR) is 109 cm³/mol. The minimum Gasteiger partial charge on any atom is -0.492 e. The highest BCUT2D eigenvalue weighted by atomic mass is 16.5. The van der Waals surface area contributed by atoms with Crippen LogP contribution in [0.1, 0.15) is 35.3 Å². The average molecular weight is 374 g/mol. The lowest BCUT2D eigenvalue weighted by molar-refractivity contribution is 0.102. The molecule has 28 heavy (non-hydrogen) atoms. The molecule has 3 heterocycles. The van der Waals surface area contributed by atoms with Gasteiger partial charge in [0.25, 0.3) is 5.91 Å². The maximum absolute atomic E-state index is 12.8. The number of anilines is 2. The number of ether oxygens (including phenoxy) is 1. The van der Waals surface area contributed by atoms with Gasteiger partial charge in [-0.3, -0.25) is 9.78 Å². The molecule has 0 spiro atoms. The molecule has 0 saturated heterocycles. The topological polar surface area (TPSA) is 76.1 Å². The first kappa shape index (κ1) is 18.0. The number of pyridine rings is 2. The third-order valence-corrected chi connectivity index (χ3v) is 4.82. The zero-order valence-electron chi connectivity index (χ0n) is 15.9. The molecule has 6 heteroatoms. The standard InChI is InChI=1S/C22H22N4O2/c1-22(2)14-28-19-12-16(5-6-18(19)22)26-21(27)17-4-3-9-24-20(17)25-13-15-7-10-23-11-8-15/h3-12H,13-14H2,1-2H3,(H,24,25)(H,26,27). The van der Waals surface area contributed by atoms with Gasteiger partial charge in [0, 0.05) is 47.9 Å². The Morgan fingerprint density at radius 1 is 1.14 bits per heavy atom. The van der Waals surface area contributed by atoms with Gasteiger partial charge in [-0.1, -0.05) is 19.9 Å². The van der Waals surface area contributed by atoms with Crippen LogP contribution in [0.5, 0.6) is 5.75 Å². The number of carbonyl (C=O) groups is 1. The Labute approximate surface area is 164 Å². The number of hydrogen-bond donors (Lipinski definition) is 2. The van der Waals surface area contributed by atoms with Gasteiger partial charge in [-0.25, -0.2) is 4.98 Å². The van der Waals surface area contributed by atoms with Gasteiger partial charge in [-0.05, 0) is 35.9 Å². The van der Waals surface area contributed by atoms with Gasteiger partial charge in [0.05, 0.1) is 12.2 Å². The smallest absolute Gasteiger partial charge is 0.259 e. The van der Waals surface area contributed by atoms with Gasteiger partial charge in [0.15, 0.2) is 0 Å². The molecule has 4 rings (SSSR count). The molecule has 2 N–H and O–H groups in total. The molecule has 0 aliphatic carbocycles. The van der Waals surface area contributed by atoms with Crippen LogP contribution in [0, 0.1) is 0 Å². The lowest BCUT2D eigenvalue weighted by Crippen LogP contribution is -2.18. The lowest BCUT2D eigenvalue weighted by Gasteiger charge is -2.15. The number of carbonyl (C=O) groups excluding carboxylic acids is 1. The van der Waals surface area contributed by atoms with Crippen LogP contribution < -0.4 is 15.4 Å². The first-order valence-corrected chi connectivity index (χ1v) is 9.19. The van der Waals surface area contributed by atoms with Crippen molar-refractivity contribution in [2.75, 3.05) is 17.2 Å². The van der Waals surface area contributed by atoms with Gasteiger partial charge in [-0.2, -0.15) is 0 Å². The Balaban J connectivity index is 1.50. The van der Waals surface area contributed by atoms with E-state index in [9.17, 15) is 4.79 Å². The fourth-order valence-corrected chi connectivity index (χ4v) is 3.23. The predicted octanol–water partition coefficient (Wildman–Crippen LogP) is 4.01. The van der Waals surface area contributed by atoms with Crippen molar-refractivity contribution in [2.24, 2.45) is 0 Å². The Morgan fingerprint density at radius 2 is 1.96 bits per heavy atom. The number of nitrogens with zero attached hydrogens (tertiary/aromatic N) is 2. The van der Waals surface area contributed by atoms with Gasteiger partial charge in [0.1, 0.15) is 11.6 Å². The van der Waals surface area contributed by atoms with Crippen LogP contribution in [0.3, 0.4) is 0 Å². The van der Waals surface area contributed by atoms with Gasteiger partial charge in [-0.15, -0.1) is 0 Å². The summed E-state index contributed by atoms with van der Waals surface area (Å²) in [5.74, 6) is 1.14. The molecule has 0 saturated carbocycles. The second kappa shape index (κ2) is 7.31. The monoisotopic (exact) mass is 374 g/mol. The summed E-state index contributed by atoms with van der Waals surface area (Å²) in [6.07, 6.45) is 5.14. The molecule has 1 aromatic carbocycles. The molecule has 6 nitrogen and oxygen atoms in total. The third-order valence-electron chi connectivity index (χ3n) is 4.82. The highest BCUT2D eigenvalue weighted by molar-refractivity contribution is 6.07. The Bertz CT molecular complexity index is 1000. The number of nitrogens with one attached hydrogen (secondary N) is 2. The molecule has 142 valence electrons. The normalized spacial score (nSPS) is 14.1. The minimum absolute atomic E-state index is 0.00866. The van der Waals surface area contributed by atoms with E-state index in [1.54, 1.807) is 30.7 Å². The average Bonchev–Trinajstić information content (AvgIpc) is 3.01. The third kappa shape index (κ3) is 3.67. The largest absolute Gasteiger partial charge is 0.492 e. The van der Waals surface area contributed by atoms with Crippen molar-refractivity contribution in [3.63, 3.8) is 0 Å². The second-order valence-corrected chi connectivity index (χ2v) is 7.45. The van der Waals surface area contributed by atoms with Crippen LogP contribution in [-0.4, -0.2) is 22.5 Å². The number of rotatable bonds is 5. The number of benzene rings is 1. The van der Waals surface area contributed by atoms with Crippen LogP contribution in [0.2, 0.25) is 0 Å². The van der Waals surface area contributed by atoms with Crippen molar-refractivity contribution >= 4 is 17.4 Å². The van der Waals surface area contributed by atoms with E-state index in [2.05, 4.69) is 34.4 Å². The summed E-state index contributed by atoms with van der Waals surface area (Å²) in [6, 6.07) is 13.1. The molecule has 1 aliphatic heterocycles. The van der Waals surface area contributed by atoms with E-state index >= 15 is 0 Å². The SMILES string of the molecule is CC1(C)COc2cc(NC(=O)c3cccnc3NCc3ccncc3)ccc21. The Morgan fingerprint density at radius 3 is 2.79 bits per heavy atom. The van der Waals surface area contributed by atoms with Crippen molar-refractivity contribution in [3.8, 4) is 5.75 Å². The second-order valence-electron chi connectivity index (χ2n) is 7.45. The van der Waals surface area contributed by atoms with E-state index < -0.39 is 0 Å².